The van der Waals surface area contributed by atoms with E-state index in [1.807, 2.05) is 11.8 Å². The third-order valence-corrected chi connectivity index (χ3v) is 3.78. The zero-order valence-electron chi connectivity index (χ0n) is 12.8. The number of nitrogens with one attached hydrogen (secondary N) is 1. The first-order valence-corrected chi connectivity index (χ1v) is 7.30. The maximum Gasteiger partial charge on any atom is 0.336 e. The lowest BCUT2D eigenvalue weighted by Gasteiger charge is -2.33. The Balaban J connectivity index is 0.00000192. The molecule has 1 aromatic heterocycles. The highest BCUT2D eigenvalue weighted by Gasteiger charge is 2.23. The van der Waals surface area contributed by atoms with Crippen molar-refractivity contribution in [2.75, 3.05) is 26.2 Å². The van der Waals surface area contributed by atoms with Gasteiger partial charge in [0.1, 0.15) is 11.3 Å². The molecule has 2 aromatic rings. The molecule has 1 atom stereocenters. The van der Waals surface area contributed by atoms with Crippen LogP contribution in [0.4, 0.5) is 0 Å². The number of fused-ring (bicyclic) bond motifs is 1. The van der Waals surface area contributed by atoms with Crippen LogP contribution in [0.5, 0.6) is 5.75 Å². The Hall–Kier alpha value is -2.05. The second kappa shape index (κ2) is 7.48. The van der Waals surface area contributed by atoms with Gasteiger partial charge in [-0.25, -0.2) is 4.79 Å². The van der Waals surface area contributed by atoms with E-state index in [0.29, 0.717) is 17.9 Å². The zero-order valence-corrected chi connectivity index (χ0v) is 13.6. The fourth-order valence-corrected chi connectivity index (χ4v) is 2.57. The fraction of sp³-hybridized carbons (Fsp3) is 0.375. The molecule has 0 unspecified atom stereocenters. The third kappa shape index (κ3) is 4.03. The predicted molar refractivity (Wildman–Crippen MR) is 89.3 cm³/mol. The highest BCUT2D eigenvalue weighted by atomic mass is 35.5. The quantitative estimate of drug-likeness (QED) is 0.857. The lowest BCUT2D eigenvalue weighted by atomic mass is 10.2. The van der Waals surface area contributed by atoms with Gasteiger partial charge in [0, 0.05) is 43.2 Å². The number of hydrogen-bond donors (Lipinski definition) is 1. The molecule has 0 spiro atoms. The largest absolute Gasteiger partial charge is 0.484 e. The molecule has 7 heteroatoms. The summed E-state index contributed by atoms with van der Waals surface area (Å²) in [6.07, 6.45) is 0. The highest BCUT2D eigenvalue weighted by molar-refractivity contribution is 5.85. The molecule has 1 aliphatic heterocycles. The summed E-state index contributed by atoms with van der Waals surface area (Å²) in [6.45, 7) is 4.28. The first kappa shape index (κ1) is 17.3. The van der Waals surface area contributed by atoms with Crippen LogP contribution in [-0.4, -0.2) is 43.1 Å². The van der Waals surface area contributed by atoms with E-state index in [-0.39, 0.29) is 31.0 Å². The first-order chi connectivity index (χ1) is 10.6. The van der Waals surface area contributed by atoms with E-state index in [0.717, 1.165) is 18.5 Å². The van der Waals surface area contributed by atoms with Crippen molar-refractivity contribution in [2.24, 2.45) is 0 Å². The van der Waals surface area contributed by atoms with Crippen LogP contribution < -0.4 is 15.7 Å². The second-order valence-corrected chi connectivity index (χ2v) is 5.38. The Kier molecular flexibility index (Phi) is 5.63. The smallest absolute Gasteiger partial charge is 0.336 e. The minimum absolute atomic E-state index is 0. The molecule has 1 amide bonds. The first-order valence-electron chi connectivity index (χ1n) is 7.30. The van der Waals surface area contributed by atoms with E-state index in [2.05, 4.69) is 5.32 Å². The van der Waals surface area contributed by atoms with Crippen LogP contribution in [0, 0.1) is 0 Å². The number of piperazine rings is 1. The number of carbonyl (C=O) groups excluding carboxylic acids is 1. The van der Waals surface area contributed by atoms with Gasteiger partial charge in [-0.15, -0.1) is 12.4 Å². The Morgan fingerprint density at radius 1 is 1.39 bits per heavy atom. The van der Waals surface area contributed by atoms with Crippen molar-refractivity contribution in [2.45, 2.75) is 13.0 Å². The highest BCUT2D eigenvalue weighted by Crippen LogP contribution is 2.19. The van der Waals surface area contributed by atoms with Crippen molar-refractivity contribution in [3.05, 3.63) is 40.8 Å². The van der Waals surface area contributed by atoms with Crippen molar-refractivity contribution in [1.82, 2.24) is 10.2 Å². The number of benzene rings is 1. The Labute approximate surface area is 139 Å². The molecule has 1 fully saturated rings. The van der Waals surface area contributed by atoms with Gasteiger partial charge in [-0.2, -0.15) is 0 Å². The van der Waals surface area contributed by atoms with Gasteiger partial charge >= 0.3 is 5.63 Å². The third-order valence-electron chi connectivity index (χ3n) is 3.78. The summed E-state index contributed by atoms with van der Waals surface area (Å²) in [7, 11) is 0. The van der Waals surface area contributed by atoms with Crippen molar-refractivity contribution >= 4 is 29.3 Å². The fourth-order valence-electron chi connectivity index (χ4n) is 2.57. The van der Waals surface area contributed by atoms with Gasteiger partial charge < -0.3 is 19.4 Å². The predicted octanol–water partition coefficient (Wildman–Crippen LogP) is 1.41. The molecule has 0 saturated carbocycles. The summed E-state index contributed by atoms with van der Waals surface area (Å²) in [4.78, 5) is 25.2. The van der Waals surface area contributed by atoms with Crippen LogP contribution >= 0.6 is 12.4 Å². The molecule has 3 rings (SSSR count). The molecule has 2 heterocycles. The summed E-state index contributed by atoms with van der Waals surface area (Å²) >= 11 is 0. The lowest BCUT2D eigenvalue weighted by molar-refractivity contribution is -0.136. The summed E-state index contributed by atoms with van der Waals surface area (Å²) in [5, 5.41) is 4.06. The summed E-state index contributed by atoms with van der Waals surface area (Å²) in [5.41, 5.74) is 0.0448. The average Bonchev–Trinajstić information content (AvgIpc) is 2.52. The molecule has 1 N–H and O–H groups in total. The molecule has 0 bridgehead atoms. The standard InChI is InChI=1S/C16H18N2O4.ClH/c1-11-9-17-6-7-18(11)15(19)10-21-13-4-2-12-3-5-16(20)22-14(12)8-13;/h2-5,8,11,17H,6-7,9-10H2,1H3;1H/t11-;/m1./s1. The Morgan fingerprint density at radius 3 is 2.96 bits per heavy atom. The molecule has 1 aliphatic rings. The van der Waals surface area contributed by atoms with E-state index in [1.165, 1.54) is 6.07 Å². The number of halogens is 1. The molecule has 124 valence electrons. The van der Waals surface area contributed by atoms with Crippen LogP contribution in [0.2, 0.25) is 0 Å². The average molecular weight is 339 g/mol. The van der Waals surface area contributed by atoms with E-state index in [9.17, 15) is 9.59 Å². The van der Waals surface area contributed by atoms with Crippen LogP contribution in [0.15, 0.2) is 39.5 Å². The number of amides is 1. The van der Waals surface area contributed by atoms with Crippen molar-refractivity contribution in [3.63, 3.8) is 0 Å². The van der Waals surface area contributed by atoms with Gasteiger partial charge in [0.15, 0.2) is 6.61 Å². The van der Waals surface area contributed by atoms with Crippen molar-refractivity contribution in [1.29, 1.82) is 0 Å². The van der Waals surface area contributed by atoms with Crippen LogP contribution in [0.3, 0.4) is 0 Å². The van der Waals surface area contributed by atoms with Gasteiger partial charge in [0.25, 0.3) is 5.91 Å². The molecular formula is C16H19ClN2O4. The van der Waals surface area contributed by atoms with Gasteiger partial charge in [-0.05, 0) is 25.1 Å². The summed E-state index contributed by atoms with van der Waals surface area (Å²) < 4.78 is 10.6. The summed E-state index contributed by atoms with van der Waals surface area (Å²) in [6, 6.07) is 8.42. The molecule has 0 aliphatic carbocycles. The lowest BCUT2D eigenvalue weighted by Crippen LogP contribution is -2.53. The van der Waals surface area contributed by atoms with E-state index in [4.69, 9.17) is 9.15 Å². The molecule has 1 saturated heterocycles. The van der Waals surface area contributed by atoms with Gasteiger partial charge in [0.2, 0.25) is 0 Å². The topological polar surface area (TPSA) is 71.8 Å². The zero-order chi connectivity index (χ0) is 15.5. The SMILES string of the molecule is C[C@@H]1CNCCN1C(=O)COc1ccc2ccc(=O)oc2c1.Cl. The number of nitrogens with zero attached hydrogens (tertiary/aromatic N) is 1. The second-order valence-electron chi connectivity index (χ2n) is 5.38. The van der Waals surface area contributed by atoms with Gasteiger partial charge in [0.05, 0.1) is 0 Å². The number of hydrogen-bond acceptors (Lipinski definition) is 5. The Morgan fingerprint density at radius 2 is 2.17 bits per heavy atom. The molecule has 23 heavy (non-hydrogen) atoms. The minimum atomic E-state index is -0.407. The normalized spacial score (nSPS) is 17.6. The van der Waals surface area contributed by atoms with Crippen LogP contribution in [0.25, 0.3) is 11.0 Å². The minimum Gasteiger partial charge on any atom is -0.484 e. The van der Waals surface area contributed by atoms with Crippen LogP contribution in [-0.2, 0) is 4.79 Å². The Bertz CT molecular complexity index is 746. The van der Waals surface area contributed by atoms with E-state index >= 15 is 0 Å². The maximum absolute atomic E-state index is 12.2. The molecule has 0 radical (unpaired) electrons. The molecule has 6 nitrogen and oxygen atoms in total. The summed E-state index contributed by atoms with van der Waals surface area (Å²) in [5.74, 6) is 0.474. The number of carbonyl (C=O) groups is 1. The van der Waals surface area contributed by atoms with Crippen molar-refractivity contribution in [3.8, 4) is 5.75 Å². The monoisotopic (exact) mass is 338 g/mol. The number of rotatable bonds is 3. The van der Waals surface area contributed by atoms with E-state index in [1.54, 1.807) is 24.3 Å². The van der Waals surface area contributed by atoms with E-state index < -0.39 is 5.63 Å². The molecule has 1 aromatic carbocycles. The van der Waals surface area contributed by atoms with Crippen LogP contribution in [0.1, 0.15) is 6.92 Å². The van der Waals surface area contributed by atoms with Gasteiger partial charge in [-0.3, -0.25) is 4.79 Å². The number of ether oxygens (including phenoxy) is 1. The van der Waals surface area contributed by atoms with Crippen molar-refractivity contribution < 1.29 is 13.9 Å². The van der Waals surface area contributed by atoms with Gasteiger partial charge in [-0.1, -0.05) is 0 Å². The molecular weight excluding hydrogens is 320 g/mol. The maximum atomic E-state index is 12.2.